The number of phenolic OH excluding ortho intramolecular Hbond substituents is 1. The molecule has 0 atom stereocenters. The third-order valence-electron chi connectivity index (χ3n) is 2.15. The van der Waals surface area contributed by atoms with Crippen LogP contribution in [0.4, 0.5) is 0 Å². The summed E-state index contributed by atoms with van der Waals surface area (Å²) in [7, 11) is 0. The largest absolute Gasteiger partial charge is 0.508 e. The molecule has 1 aromatic carbocycles. The Hall–Kier alpha value is -1.96. The van der Waals surface area contributed by atoms with Crippen molar-refractivity contribution in [3.63, 3.8) is 0 Å². The van der Waals surface area contributed by atoms with Crippen LogP contribution < -0.4 is 0 Å². The quantitative estimate of drug-likeness (QED) is 0.825. The van der Waals surface area contributed by atoms with Crippen molar-refractivity contribution in [1.82, 2.24) is 0 Å². The third-order valence-corrected chi connectivity index (χ3v) is 2.15. The summed E-state index contributed by atoms with van der Waals surface area (Å²) in [6, 6.07) is 11.1. The van der Waals surface area contributed by atoms with Gasteiger partial charge in [0.15, 0.2) is 0 Å². The Kier molecular flexibility index (Phi) is 2.88. The average Bonchev–Trinajstić information content (AvgIpc) is 2.74. The monoisotopic (exact) mass is 200 g/mol. The van der Waals surface area contributed by atoms with Crippen molar-refractivity contribution in [3.05, 3.63) is 60.1 Å². The van der Waals surface area contributed by atoms with E-state index < -0.39 is 0 Å². The fraction of sp³-hybridized carbons (Fsp3) is 0.0769. The van der Waals surface area contributed by atoms with E-state index in [4.69, 9.17) is 4.42 Å². The minimum atomic E-state index is 0.335. The summed E-state index contributed by atoms with van der Waals surface area (Å²) < 4.78 is 5.15. The molecule has 0 aliphatic heterocycles. The van der Waals surface area contributed by atoms with E-state index in [9.17, 15) is 5.11 Å². The molecule has 0 saturated carbocycles. The number of para-hydroxylation sites is 1. The number of rotatable bonds is 3. The first-order valence-electron chi connectivity index (χ1n) is 4.83. The van der Waals surface area contributed by atoms with E-state index in [2.05, 4.69) is 0 Å². The van der Waals surface area contributed by atoms with E-state index in [0.717, 1.165) is 11.3 Å². The first-order valence-corrected chi connectivity index (χ1v) is 4.83. The Morgan fingerprint density at radius 2 is 2.00 bits per heavy atom. The van der Waals surface area contributed by atoms with Crippen molar-refractivity contribution in [2.24, 2.45) is 0 Å². The molecule has 2 rings (SSSR count). The zero-order valence-corrected chi connectivity index (χ0v) is 8.26. The van der Waals surface area contributed by atoms with Gasteiger partial charge < -0.3 is 9.52 Å². The molecule has 0 amide bonds. The van der Waals surface area contributed by atoms with Gasteiger partial charge in [0.1, 0.15) is 11.5 Å². The van der Waals surface area contributed by atoms with Gasteiger partial charge in [-0.1, -0.05) is 24.3 Å². The number of aromatic hydroxyl groups is 1. The summed E-state index contributed by atoms with van der Waals surface area (Å²) in [6.45, 7) is 0. The molecule has 0 saturated heterocycles. The molecule has 2 aromatic rings. The molecule has 1 aromatic heterocycles. The van der Waals surface area contributed by atoms with Gasteiger partial charge in [-0.15, -0.1) is 0 Å². The van der Waals surface area contributed by atoms with Crippen LogP contribution >= 0.6 is 0 Å². The highest BCUT2D eigenvalue weighted by Crippen LogP contribution is 2.16. The van der Waals surface area contributed by atoms with Gasteiger partial charge in [-0.25, -0.2) is 0 Å². The van der Waals surface area contributed by atoms with Gasteiger partial charge in [0, 0.05) is 0 Å². The standard InChI is InChI=1S/C13H12O2/c14-13-9-2-1-5-11(13)6-3-7-12-8-4-10-15-12/h1-5,7-10,14H,6H2. The molecule has 15 heavy (non-hydrogen) atoms. The fourth-order valence-electron chi connectivity index (χ4n) is 1.37. The van der Waals surface area contributed by atoms with Gasteiger partial charge in [0.05, 0.1) is 6.26 Å². The normalized spacial score (nSPS) is 10.9. The highest BCUT2D eigenvalue weighted by atomic mass is 16.3. The average molecular weight is 200 g/mol. The molecule has 2 heteroatoms. The lowest BCUT2D eigenvalue weighted by Crippen LogP contribution is -1.80. The molecular weight excluding hydrogens is 188 g/mol. The molecule has 0 unspecified atom stereocenters. The van der Waals surface area contributed by atoms with Gasteiger partial charge in [0.2, 0.25) is 0 Å². The molecule has 2 nitrogen and oxygen atoms in total. The van der Waals surface area contributed by atoms with E-state index in [1.807, 2.05) is 42.5 Å². The number of hydrogen-bond donors (Lipinski definition) is 1. The molecule has 1 N–H and O–H groups in total. The van der Waals surface area contributed by atoms with E-state index >= 15 is 0 Å². The molecule has 0 aliphatic rings. The molecule has 76 valence electrons. The van der Waals surface area contributed by atoms with Gasteiger partial charge in [0.25, 0.3) is 0 Å². The molecule has 0 aliphatic carbocycles. The lowest BCUT2D eigenvalue weighted by Gasteiger charge is -1.98. The molecule has 0 radical (unpaired) electrons. The summed E-state index contributed by atoms with van der Waals surface area (Å²) in [6.07, 6.45) is 6.20. The van der Waals surface area contributed by atoms with Crippen LogP contribution in [0.25, 0.3) is 6.08 Å². The maximum absolute atomic E-state index is 9.51. The first-order chi connectivity index (χ1) is 7.36. The fourth-order valence-corrected chi connectivity index (χ4v) is 1.37. The van der Waals surface area contributed by atoms with Crippen LogP contribution in [-0.2, 0) is 6.42 Å². The highest BCUT2D eigenvalue weighted by Gasteiger charge is 1.95. The SMILES string of the molecule is Oc1ccccc1CC=Cc1ccco1. The lowest BCUT2D eigenvalue weighted by molar-refractivity contribution is 0.470. The minimum absolute atomic E-state index is 0.335. The molecule has 1 heterocycles. The Morgan fingerprint density at radius 3 is 2.73 bits per heavy atom. The van der Waals surface area contributed by atoms with Crippen molar-refractivity contribution in [2.75, 3.05) is 0 Å². The zero-order chi connectivity index (χ0) is 10.5. The van der Waals surface area contributed by atoms with Gasteiger partial charge in [-0.3, -0.25) is 0 Å². The highest BCUT2D eigenvalue weighted by molar-refractivity contribution is 5.44. The number of furan rings is 1. The summed E-state index contributed by atoms with van der Waals surface area (Å²) in [5.74, 6) is 1.16. The van der Waals surface area contributed by atoms with Crippen LogP contribution in [0.15, 0.2) is 53.2 Å². The Balaban J connectivity index is 2.02. The second-order valence-electron chi connectivity index (χ2n) is 3.25. The smallest absolute Gasteiger partial charge is 0.126 e. The van der Waals surface area contributed by atoms with Crippen LogP contribution in [0.2, 0.25) is 0 Å². The first kappa shape index (κ1) is 9.59. The summed E-state index contributed by atoms with van der Waals surface area (Å²) in [5.41, 5.74) is 0.917. The molecule has 0 fully saturated rings. The van der Waals surface area contributed by atoms with Gasteiger partial charge in [-0.2, -0.15) is 0 Å². The van der Waals surface area contributed by atoms with Crippen molar-refractivity contribution < 1.29 is 9.52 Å². The van der Waals surface area contributed by atoms with E-state index in [1.54, 1.807) is 12.3 Å². The summed E-state index contributed by atoms with van der Waals surface area (Å²) >= 11 is 0. The van der Waals surface area contributed by atoms with Crippen LogP contribution in [-0.4, -0.2) is 5.11 Å². The van der Waals surface area contributed by atoms with Crippen LogP contribution in [0, 0.1) is 0 Å². The maximum atomic E-state index is 9.51. The van der Waals surface area contributed by atoms with Crippen molar-refractivity contribution in [2.45, 2.75) is 6.42 Å². The maximum Gasteiger partial charge on any atom is 0.126 e. The van der Waals surface area contributed by atoms with Crippen molar-refractivity contribution in [3.8, 4) is 5.75 Å². The van der Waals surface area contributed by atoms with Crippen LogP contribution in [0.5, 0.6) is 5.75 Å². The van der Waals surface area contributed by atoms with Crippen molar-refractivity contribution in [1.29, 1.82) is 0 Å². The lowest BCUT2D eigenvalue weighted by atomic mass is 10.1. The Labute approximate surface area is 88.5 Å². The topological polar surface area (TPSA) is 33.4 Å². The Morgan fingerprint density at radius 1 is 1.13 bits per heavy atom. The van der Waals surface area contributed by atoms with Crippen LogP contribution in [0.3, 0.4) is 0 Å². The predicted octanol–water partition coefficient (Wildman–Crippen LogP) is 3.24. The summed E-state index contributed by atoms with van der Waals surface area (Å²) in [5, 5.41) is 9.51. The van der Waals surface area contributed by atoms with Crippen LogP contribution in [0.1, 0.15) is 11.3 Å². The molecule has 0 spiro atoms. The number of hydrogen-bond acceptors (Lipinski definition) is 2. The number of phenols is 1. The second-order valence-corrected chi connectivity index (χ2v) is 3.25. The van der Waals surface area contributed by atoms with E-state index in [0.29, 0.717) is 12.2 Å². The summed E-state index contributed by atoms with van der Waals surface area (Å²) in [4.78, 5) is 0. The van der Waals surface area contributed by atoms with E-state index in [1.165, 1.54) is 0 Å². The Bertz CT molecular complexity index is 441. The second kappa shape index (κ2) is 4.51. The minimum Gasteiger partial charge on any atom is -0.508 e. The predicted molar refractivity (Wildman–Crippen MR) is 59.6 cm³/mol. The zero-order valence-electron chi connectivity index (χ0n) is 8.26. The number of benzene rings is 1. The van der Waals surface area contributed by atoms with Gasteiger partial charge >= 0.3 is 0 Å². The molecular formula is C13H12O2. The third kappa shape index (κ3) is 2.50. The number of allylic oxidation sites excluding steroid dienone is 1. The molecule has 0 bridgehead atoms. The van der Waals surface area contributed by atoms with E-state index in [-0.39, 0.29) is 0 Å². The van der Waals surface area contributed by atoms with Crippen molar-refractivity contribution >= 4 is 6.08 Å². The van der Waals surface area contributed by atoms with Gasteiger partial charge in [-0.05, 0) is 36.3 Å².